The zero-order chi connectivity index (χ0) is 10.4. The van der Waals surface area contributed by atoms with Gasteiger partial charge in [0.1, 0.15) is 5.75 Å². The Hall–Kier alpha value is -0.730. The molecule has 0 fully saturated rings. The van der Waals surface area contributed by atoms with Crippen molar-refractivity contribution in [1.29, 1.82) is 0 Å². The van der Waals surface area contributed by atoms with Gasteiger partial charge in [-0.1, -0.05) is 11.6 Å². The predicted octanol–water partition coefficient (Wildman–Crippen LogP) is 2.50. The minimum atomic E-state index is 0.769. The largest absolute Gasteiger partial charge is 0.496 e. The molecule has 0 spiro atoms. The topological polar surface area (TPSA) is 21.3 Å². The number of methoxy groups -OCH3 is 1. The number of halogens is 1. The molecule has 1 aromatic rings. The predicted molar refractivity (Wildman–Crippen MR) is 60.3 cm³/mol. The minimum Gasteiger partial charge on any atom is -0.496 e. The van der Waals surface area contributed by atoms with Crippen LogP contribution in [0.5, 0.6) is 5.75 Å². The van der Waals surface area contributed by atoms with Crippen molar-refractivity contribution in [3.05, 3.63) is 28.8 Å². The summed E-state index contributed by atoms with van der Waals surface area (Å²) in [6.45, 7) is 1.01. The van der Waals surface area contributed by atoms with E-state index < -0.39 is 0 Å². The number of ether oxygens (including phenoxy) is 1. The standard InChI is InChI=1S/C11H16ClNO/c1-13-7-3-4-9-8-10(12)5-6-11(9)14-2/h5-6,8,13H,3-4,7H2,1-2H3. The second-order valence-electron chi connectivity index (χ2n) is 3.16. The first-order chi connectivity index (χ1) is 6.77. The van der Waals surface area contributed by atoms with E-state index >= 15 is 0 Å². The lowest BCUT2D eigenvalue weighted by atomic mass is 10.1. The molecule has 1 rings (SSSR count). The molecule has 14 heavy (non-hydrogen) atoms. The van der Waals surface area contributed by atoms with Crippen LogP contribution >= 0.6 is 11.6 Å². The molecule has 0 saturated heterocycles. The van der Waals surface area contributed by atoms with Gasteiger partial charge in [0, 0.05) is 5.02 Å². The Morgan fingerprint density at radius 2 is 2.21 bits per heavy atom. The van der Waals surface area contributed by atoms with E-state index in [0.29, 0.717) is 0 Å². The molecular formula is C11H16ClNO. The quantitative estimate of drug-likeness (QED) is 0.759. The van der Waals surface area contributed by atoms with Crippen molar-refractivity contribution < 1.29 is 4.74 Å². The molecule has 0 aliphatic carbocycles. The molecule has 0 aromatic heterocycles. The normalized spacial score (nSPS) is 10.2. The number of hydrogen-bond acceptors (Lipinski definition) is 2. The van der Waals surface area contributed by atoms with Crippen molar-refractivity contribution in [2.45, 2.75) is 12.8 Å². The highest BCUT2D eigenvalue weighted by Gasteiger charge is 2.02. The van der Waals surface area contributed by atoms with Crippen molar-refractivity contribution in [3.8, 4) is 5.75 Å². The van der Waals surface area contributed by atoms with Crippen molar-refractivity contribution in [3.63, 3.8) is 0 Å². The Morgan fingerprint density at radius 3 is 2.86 bits per heavy atom. The molecule has 1 aromatic carbocycles. The first kappa shape index (κ1) is 11.3. The molecule has 1 N–H and O–H groups in total. The van der Waals surface area contributed by atoms with Gasteiger partial charge in [-0.05, 0) is 50.2 Å². The second-order valence-corrected chi connectivity index (χ2v) is 3.60. The van der Waals surface area contributed by atoms with E-state index in [9.17, 15) is 0 Å². The fourth-order valence-electron chi connectivity index (χ4n) is 1.40. The molecule has 2 nitrogen and oxygen atoms in total. The van der Waals surface area contributed by atoms with Gasteiger partial charge >= 0.3 is 0 Å². The van der Waals surface area contributed by atoms with Gasteiger partial charge in [0.2, 0.25) is 0 Å². The molecule has 0 atom stereocenters. The first-order valence-electron chi connectivity index (χ1n) is 4.75. The van der Waals surface area contributed by atoms with E-state index in [-0.39, 0.29) is 0 Å². The smallest absolute Gasteiger partial charge is 0.122 e. The average molecular weight is 214 g/mol. The average Bonchev–Trinajstić information content (AvgIpc) is 2.19. The maximum atomic E-state index is 5.92. The van der Waals surface area contributed by atoms with Crippen LogP contribution in [-0.4, -0.2) is 20.7 Å². The van der Waals surface area contributed by atoms with Crippen LogP contribution in [0.1, 0.15) is 12.0 Å². The van der Waals surface area contributed by atoms with Crippen LogP contribution < -0.4 is 10.1 Å². The Kier molecular flexibility index (Phi) is 4.77. The molecule has 0 saturated carbocycles. The van der Waals surface area contributed by atoms with Gasteiger partial charge in [0.25, 0.3) is 0 Å². The summed E-state index contributed by atoms with van der Waals surface area (Å²) in [6.07, 6.45) is 2.08. The fraction of sp³-hybridized carbons (Fsp3) is 0.455. The highest BCUT2D eigenvalue weighted by molar-refractivity contribution is 6.30. The molecule has 0 radical (unpaired) electrons. The van der Waals surface area contributed by atoms with Gasteiger partial charge in [-0.25, -0.2) is 0 Å². The first-order valence-corrected chi connectivity index (χ1v) is 5.12. The number of aryl methyl sites for hydroxylation is 1. The van der Waals surface area contributed by atoms with Gasteiger partial charge < -0.3 is 10.1 Å². The molecule has 3 heteroatoms. The van der Waals surface area contributed by atoms with Crippen LogP contribution in [0.2, 0.25) is 5.02 Å². The van der Waals surface area contributed by atoms with Crippen molar-refractivity contribution in [2.75, 3.05) is 20.7 Å². The van der Waals surface area contributed by atoms with E-state index in [1.54, 1.807) is 7.11 Å². The summed E-state index contributed by atoms with van der Waals surface area (Å²) in [5.41, 5.74) is 1.18. The Morgan fingerprint density at radius 1 is 1.43 bits per heavy atom. The van der Waals surface area contributed by atoms with E-state index in [2.05, 4.69) is 5.32 Å². The number of hydrogen-bond donors (Lipinski definition) is 1. The number of rotatable bonds is 5. The molecule has 78 valence electrons. The van der Waals surface area contributed by atoms with E-state index in [4.69, 9.17) is 16.3 Å². The van der Waals surface area contributed by atoms with Crippen molar-refractivity contribution in [1.82, 2.24) is 5.32 Å². The lowest BCUT2D eigenvalue weighted by molar-refractivity contribution is 0.409. The third-order valence-electron chi connectivity index (χ3n) is 2.12. The summed E-state index contributed by atoms with van der Waals surface area (Å²) in [4.78, 5) is 0. The fourth-order valence-corrected chi connectivity index (χ4v) is 1.59. The Balaban J connectivity index is 2.67. The lowest BCUT2D eigenvalue weighted by Gasteiger charge is -2.08. The number of benzene rings is 1. The zero-order valence-corrected chi connectivity index (χ0v) is 9.40. The molecule has 0 heterocycles. The van der Waals surface area contributed by atoms with Crippen LogP contribution in [0.4, 0.5) is 0 Å². The molecule has 0 aliphatic rings. The lowest BCUT2D eigenvalue weighted by Crippen LogP contribution is -2.08. The monoisotopic (exact) mass is 213 g/mol. The third kappa shape index (κ3) is 3.20. The zero-order valence-electron chi connectivity index (χ0n) is 8.64. The summed E-state index contributed by atoms with van der Waals surface area (Å²) < 4.78 is 5.25. The summed E-state index contributed by atoms with van der Waals surface area (Å²) >= 11 is 5.92. The minimum absolute atomic E-state index is 0.769. The second kappa shape index (κ2) is 5.89. The SMILES string of the molecule is CNCCCc1cc(Cl)ccc1OC. The van der Waals surface area contributed by atoms with Gasteiger partial charge in [0.15, 0.2) is 0 Å². The molecule has 0 amide bonds. The van der Waals surface area contributed by atoms with Crippen molar-refractivity contribution >= 4 is 11.6 Å². The summed E-state index contributed by atoms with van der Waals surface area (Å²) in [5.74, 6) is 0.922. The van der Waals surface area contributed by atoms with E-state index in [0.717, 1.165) is 30.2 Å². The summed E-state index contributed by atoms with van der Waals surface area (Å²) in [5, 5.41) is 3.88. The molecule has 0 bridgehead atoms. The van der Waals surface area contributed by atoms with Crippen LogP contribution in [0.25, 0.3) is 0 Å². The van der Waals surface area contributed by atoms with Crippen LogP contribution in [0.15, 0.2) is 18.2 Å². The highest BCUT2D eigenvalue weighted by Crippen LogP contribution is 2.23. The van der Waals surface area contributed by atoms with E-state index in [1.165, 1.54) is 5.56 Å². The molecule has 0 unspecified atom stereocenters. The van der Waals surface area contributed by atoms with Gasteiger partial charge in [-0.3, -0.25) is 0 Å². The Bertz CT molecular complexity index is 289. The Labute approximate surface area is 90.2 Å². The maximum Gasteiger partial charge on any atom is 0.122 e. The summed E-state index contributed by atoms with van der Waals surface area (Å²) in [6, 6.07) is 5.73. The van der Waals surface area contributed by atoms with Gasteiger partial charge in [-0.15, -0.1) is 0 Å². The highest BCUT2D eigenvalue weighted by atomic mass is 35.5. The maximum absolute atomic E-state index is 5.92. The number of nitrogens with one attached hydrogen (secondary N) is 1. The molecular weight excluding hydrogens is 198 g/mol. The molecule has 0 aliphatic heterocycles. The van der Waals surface area contributed by atoms with Crippen LogP contribution in [0, 0.1) is 0 Å². The van der Waals surface area contributed by atoms with E-state index in [1.807, 2.05) is 25.2 Å². The third-order valence-corrected chi connectivity index (χ3v) is 2.35. The van der Waals surface area contributed by atoms with Gasteiger partial charge in [-0.2, -0.15) is 0 Å². The summed E-state index contributed by atoms with van der Waals surface area (Å²) in [7, 11) is 3.64. The van der Waals surface area contributed by atoms with Crippen LogP contribution in [-0.2, 0) is 6.42 Å². The van der Waals surface area contributed by atoms with Crippen LogP contribution in [0.3, 0.4) is 0 Å². The van der Waals surface area contributed by atoms with Gasteiger partial charge in [0.05, 0.1) is 7.11 Å². The van der Waals surface area contributed by atoms with Crippen molar-refractivity contribution in [2.24, 2.45) is 0 Å².